The summed E-state index contributed by atoms with van der Waals surface area (Å²) >= 11 is 2.06. The van der Waals surface area contributed by atoms with Crippen molar-refractivity contribution >= 4 is 52.2 Å². The average Bonchev–Trinajstić information content (AvgIpc) is 3.39. The number of hydrogen-bond acceptors (Lipinski definition) is 7. The fraction of sp³-hybridized carbons (Fsp3) is 0.231. The Morgan fingerprint density at radius 3 is 2.62 bits per heavy atom. The van der Waals surface area contributed by atoms with Crippen molar-refractivity contribution in [2.45, 2.75) is 27.3 Å². The topological polar surface area (TPSA) is 131 Å². The lowest BCUT2D eigenvalue weighted by Gasteiger charge is -2.15. The van der Waals surface area contributed by atoms with Crippen LogP contribution in [0.5, 0.6) is 11.5 Å². The minimum atomic E-state index is -0.919. The zero-order valence-corrected chi connectivity index (χ0v) is 22.7. The summed E-state index contributed by atoms with van der Waals surface area (Å²) in [5, 5.41) is 9.14. The van der Waals surface area contributed by atoms with Crippen LogP contribution in [0.2, 0.25) is 0 Å². The maximum absolute atomic E-state index is 12.5. The molecule has 2 aromatic carbocycles. The first-order valence-electron chi connectivity index (χ1n) is 11.4. The molecule has 0 aliphatic heterocycles. The van der Waals surface area contributed by atoms with Gasteiger partial charge in [-0.05, 0) is 90.4 Å². The van der Waals surface area contributed by atoms with E-state index in [2.05, 4.69) is 43.8 Å². The average molecular weight is 618 g/mol. The van der Waals surface area contributed by atoms with E-state index in [1.54, 1.807) is 24.3 Å². The van der Waals surface area contributed by atoms with Crippen LogP contribution in [0.4, 0.5) is 5.69 Å². The van der Waals surface area contributed by atoms with E-state index in [1.807, 2.05) is 39.0 Å². The lowest BCUT2D eigenvalue weighted by molar-refractivity contribution is -0.139. The molecular weight excluding hydrogens is 591 g/mol. The van der Waals surface area contributed by atoms with E-state index in [4.69, 9.17) is 13.9 Å². The van der Waals surface area contributed by atoms with Crippen LogP contribution in [0, 0.1) is 17.4 Å². The molecule has 3 amide bonds. The van der Waals surface area contributed by atoms with E-state index in [9.17, 15) is 14.4 Å². The summed E-state index contributed by atoms with van der Waals surface area (Å²) in [7, 11) is 0. The summed E-state index contributed by atoms with van der Waals surface area (Å²) in [5.74, 6) is -0.716. The fourth-order valence-corrected chi connectivity index (χ4v) is 3.93. The maximum atomic E-state index is 12.5. The number of carbonyl (C=O) groups excluding carboxylic acids is 3. The lowest BCUT2D eigenvalue weighted by Crippen LogP contribution is -2.37. The van der Waals surface area contributed by atoms with E-state index in [1.165, 1.54) is 12.5 Å². The van der Waals surface area contributed by atoms with Crippen molar-refractivity contribution in [1.82, 2.24) is 10.7 Å². The van der Waals surface area contributed by atoms with Crippen LogP contribution in [0.25, 0.3) is 0 Å². The molecule has 3 N–H and O–H groups in total. The number of aryl methyl sites for hydroxylation is 1. The summed E-state index contributed by atoms with van der Waals surface area (Å²) in [6.45, 7) is 5.99. The van der Waals surface area contributed by atoms with Gasteiger partial charge in [-0.2, -0.15) is 5.10 Å². The Morgan fingerprint density at radius 1 is 1.08 bits per heavy atom. The molecule has 3 aromatic rings. The third-order valence-electron chi connectivity index (χ3n) is 5.15. The second-order valence-corrected chi connectivity index (χ2v) is 8.97. The predicted octanol–water partition coefficient (Wildman–Crippen LogP) is 3.68. The highest BCUT2D eigenvalue weighted by Gasteiger charge is 2.15. The maximum Gasteiger partial charge on any atom is 0.329 e. The Kier molecular flexibility index (Phi) is 10.1. The molecule has 0 aliphatic rings. The normalized spacial score (nSPS) is 10.7. The van der Waals surface area contributed by atoms with Crippen LogP contribution in [-0.4, -0.2) is 37.1 Å². The minimum absolute atomic E-state index is 0.0863. The number of carbonyl (C=O) groups is 3. The van der Waals surface area contributed by atoms with E-state index in [-0.39, 0.29) is 19.1 Å². The van der Waals surface area contributed by atoms with Gasteiger partial charge in [0.15, 0.2) is 18.1 Å². The molecule has 0 saturated heterocycles. The number of nitrogens with zero attached hydrogens (tertiary/aromatic N) is 1. The summed E-state index contributed by atoms with van der Waals surface area (Å²) in [5.41, 5.74) is 5.58. The summed E-state index contributed by atoms with van der Waals surface area (Å²) in [4.78, 5) is 36.3. The molecule has 3 rings (SSSR count). The third kappa shape index (κ3) is 8.07. The van der Waals surface area contributed by atoms with Crippen LogP contribution in [-0.2, 0) is 20.9 Å². The van der Waals surface area contributed by atoms with Crippen LogP contribution >= 0.6 is 22.6 Å². The molecule has 0 unspecified atom stereocenters. The second-order valence-electron chi connectivity index (χ2n) is 7.81. The minimum Gasteiger partial charge on any atom is -0.490 e. The number of furan rings is 1. The first-order valence-corrected chi connectivity index (χ1v) is 12.4. The summed E-state index contributed by atoms with van der Waals surface area (Å²) < 4.78 is 17.3. The molecule has 1 heterocycles. The third-order valence-corrected chi connectivity index (χ3v) is 5.95. The molecule has 11 heteroatoms. The number of rotatable bonds is 10. The quantitative estimate of drug-likeness (QED) is 0.138. The van der Waals surface area contributed by atoms with E-state index in [0.29, 0.717) is 33.0 Å². The van der Waals surface area contributed by atoms with Gasteiger partial charge in [0.25, 0.3) is 5.91 Å². The predicted molar refractivity (Wildman–Crippen MR) is 147 cm³/mol. The van der Waals surface area contributed by atoms with Gasteiger partial charge in [-0.1, -0.05) is 12.1 Å². The van der Waals surface area contributed by atoms with Crippen molar-refractivity contribution < 1.29 is 28.3 Å². The Bertz CT molecular complexity index is 1290. The van der Waals surface area contributed by atoms with Crippen LogP contribution < -0.4 is 25.5 Å². The number of halogens is 1. The van der Waals surface area contributed by atoms with Gasteiger partial charge in [-0.3, -0.25) is 14.4 Å². The Morgan fingerprint density at radius 2 is 1.89 bits per heavy atom. The number of hydrogen-bond donors (Lipinski definition) is 3. The van der Waals surface area contributed by atoms with Gasteiger partial charge in [0, 0.05) is 5.69 Å². The van der Waals surface area contributed by atoms with Crippen molar-refractivity contribution in [3.63, 3.8) is 0 Å². The molecule has 0 spiro atoms. The summed E-state index contributed by atoms with van der Waals surface area (Å²) in [6.07, 6.45) is 2.85. The highest BCUT2D eigenvalue weighted by molar-refractivity contribution is 14.1. The van der Waals surface area contributed by atoms with Crippen LogP contribution in [0.3, 0.4) is 0 Å². The Hall–Kier alpha value is -3.87. The van der Waals surface area contributed by atoms with Crippen molar-refractivity contribution in [1.29, 1.82) is 0 Å². The summed E-state index contributed by atoms with van der Waals surface area (Å²) in [6, 6.07) is 12.5. The van der Waals surface area contributed by atoms with Gasteiger partial charge in [-0.15, -0.1) is 0 Å². The smallest absolute Gasteiger partial charge is 0.329 e. The van der Waals surface area contributed by atoms with Crippen molar-refractivity contribution in [2.24, 2.45) is 5.10 Å². The fourth-order valence-electron chi connectivity index (χ4n) is 3.15. The first kappa shape index (κ1) is 27.7. The Labute approximate surface area is 227 Å². The molecular formula is C26H27IN4O6. The standard InChI is InChI=1S/C26H27IN4O6/c1-4-35-22-12-18(13-29-31-26(34)25(33)28-14-19-8-6-10-36-19)11-20(27)24(22)37-15-23(32)30-21-9-5-7-16(2)17(21)3/h5-13H,4,14-15H2,1-3H3,(H,28,33)(H,30,32)(H,31,34)/b29-13-. The monoisotopic (exact) mass is 618 g/mol. The zero-order valence-electron chi connectivity index (χ0n) is 20.6. The number of amides is 3. The number of benzene rings is 2. The largest absolute Gasteiger partial charge is 0.490 e. The van der Waals surface area contributed by atoms with E-state index < -0.39 is 11.8 Å². The van der Waals surface area contributed by atoms with Crippen molar-refractivity contribution in [3.05, 3.63) is 74.7 Å². The Balaban J connectivity index is 1.60. The SMILES string of the molecule is CCOc1cc(/C=N\NC(=O)C(=O)NCc2ccco2)cc(I)c1OCC(=O)Nc1cccc(C)c1C. The zero-order chi connectivity index (χ0) is 26.8. The number of nitrogens with one attached hydrogen (secondary N) is 3. The molecule has 37 heavy (non-hydrogen) atoms. The van der Waals surface area contributed by atoms with Crippen molar-refractivity contribution in [2.75, 3.05) is 18.5 Å². The molecule has 0 atom stereocenters. The van der Waals surface area contributed by atoms with E-state index in [0.717, 1.165) is 16.8 Å². The first-order chi connectivity index (χ1) is 17.8. The van der Waals surface area contributed by atoms with Gasteiger partial charge >= 0.3 is 11.8 Å². The number of hydrazone groups is 1. The molecule has 0 saturated carbocycles. The van der Waals surface area contributed by atoms with Gasteiger partial charge < -0.3 is 24.5 Å². The molecule has 0 fully saturated rings. The molecule has 194 valence electrons. The van der Waals surface area contributed by atoms with Gasteiger partial charge in [0.2, 0.25) is 0 Å². The molecule has 1 aromatic heterocycles. The highest BCUT2D eigenvalue weighted by Crippen LogP contribution is 2.34. The second kappa shape index (κ2) is 13.4. The molecule has 0 aliphatic carbocycles. The van der Waals surface area contributed by atoms with Gasteiger partial charge in [-0.25, -0.2) is 5.43 Å². The highest BCUT2D eigenvalue weighted by atomic mass is 127. The van der Waals surface area contributed by atoms with E-state index >= 15 is 0 Å². The lowest BCUT2D eigenvalue weighted by atomic mass is 10.1. The van der Waals surface area contributed by atoms with Gasteiger partial charge in [0.1, 0.15) is 5.76 Å². The van der Waals surface area contributed by atoms with Crippen LogP contribution in [0.15, 0.2) is 58.2 Å². The van der Waals surface area contributed by atoms with Gasteiger partial charge in [0.05, 0.1) is 29.2 Å². The van der Waals surface area contributed by atoms with Crippen LogP contribution in [0.1, 0.15) is 29.4 Å². The number of anilines is 1. The molecule has 0 radical (unpaired) electrons. The number of ether oxygens (including phenoxy) is 2. The molecule has 0 bridgehead atoms. The molecule has 10 nitrogen and oxygen atoms in total. The van der Waals surface area contributed by atoms with Crippen molar-refractivity contribution in [3.8, 4) is 11.5 Å².